The monoisotopic (exact) mass is 699 g/mol. The first-order chi connectivity index (χ1) is 22.9. The Morgan fingerprint density at radius 1 is 1.00 bits per heavy atom. The number of thiophene rings is 1. The minimum Gasteiger partial charge on any atom is -0.382 e. The van der Waals surface area contributed by atoms with Crippen molar-refractivity contribution < 1.29 is 31.7 Å². The number of hydrogen-bond acceptors (Lipinski definition) is 11. The van der Waals surface area contributed by atoms with Gasteiger partial charge in [-0.1, -0.05) is 30.3 Å². The fraction of sp³-hybridized carbons (Fsp3) is 0.441. The van der Waals surface area contributed by atoms with E-state index in [9.17, 15) is 13.0 Å². The van der Waals surface area contributed by atoms with Crippen molar-refractivity contribution in [2.24, 2.45) is 0 Å². The third kappa shape index (κ3) is 9.07. The van der Waals surface area contributed by atoms with Crippen LogP contribution in [0.25, 0.3) is 22.0 Å². The van der Waals surface area contributed by atoms with Crippen molar-refractivity contribution in [3.63, 3.8) is 0 Å². The molecule has 14 heteroatoms. The van der Waals surface area contributed by atoms with Crippen LogP contribution in [0, 0.1) is 34.6 Å². The fourth-order valence-corrected chi connectivity index (χ4v) is 7.27. The minimum absolute atomic E-state index is 0.0423. The molecule has 0 atom stereocenters. The third-order valence-electron chi connectivity index (χ3n) is 7.75. The molecule has 0 saturated heterocycles. The first-order valence-corrected chi connectivity index (χ1v) is 18.0. The Morgan fingerprint density at radius 3 is 2.42 bits per heavy atom. The highest BCUT2D eigenvalue weighted by Crippen LogP contribution is 2.37. The maximum Gasteiger partial charge on any atom is 0.304 e. The topological polar surface area (TPSA) is 151 Å². The lowest BCUT2D eigenvalue weighted by Crippen LogP contribution is -2.10. The molecule has 0 spiro atoms. The smallest absolute Gasteiger partial charge is 0.304 e. The molecule has 0 amide bonds. The van der Waals surface area contributed by atoms with Gasteiger partial charge in [-0.2, -0.15) is 13.5 Å². The molecule has 0 saturated carbocycles. The van der Waals surface area contributed by atoms with E-state index in [2.05, 4.69) is 28.4 Å². The Balaban J connectivity index is 0.000000312. The molecule has 0 unspecified atom stereocenters. The molecular formula is C34H45N5O7S2. The lowest BCUT2D eigenvalue weighted by molar-refractivity contribution is 0.0799. The van der Waals surface area contributed by atoms with Crippen LogP contribution in [0.5, 0.6) is 0 Å². The van der Waals surface area contributed by atoms with Crippen molar-refractivity contribution in [1.82, 2.24) is 19.9 Å². The van der Waals surface area contributed by atoms with Crippen molar-refractivity contribution >= 4 is 38.2 Å². The lowest BCUT2D eigenvalue weighted by atomic mass is 9.99. The highest BCUT2D eigenvalue weighted by molar-refractivity contribution is 7.88. The van der Waals surface area contributed by atoms with Gasteiger partial charge >= 0.3 is 10.1 Å². The first-order valence-electron chi connectivity index (χ1n) is 15.7. The summed E-state index contributed by atoms with van der Waals surface area (Å²) in [6, 6.07) is 9.81. The van der Waals surface area contributed by atoms with E-state index in [1.807, 2.05) is 64.4 Å². The summed E-state index contributed by atoms with van der Waals surface area (Å²) in [7, 11) is -2.69. The summed E-state index contributed by atoms with van der Waals surface area (Å²) in [6.07, 6.45) is 0.852. The molecule has 0 radical (unpaired) electrons. The Hall–Kier alpha value is -3.66. The van der Waals surface area contributed by atoms with E-state index in [4.69, 9.17) is 23.8 Å². The molecule has 2 N–H and O–H groups in total. The number of ether oxygens (including phenoxy) is 3. The van der Waals surface area contributed by atoms with Crippen molar-refractivity contribution in [2.75, 3.05) is 39.0 Å². The zero-order chi connectivity index (χ0) is 35.0. The number of pyridine rings is 1. The molecule has 5 aromatic rings. The molecule has 0 aliphatic carbocycles. The van der Waals surface area contributed by atoms with Gasteiger partial charge in [-0.05, 0) is 76.8 Å². The van der Waals surface area contributed by atoms with Crippen molar-refractivity contribution in [3.05, 3.63) is 74.7 Å². The van der Waals surface area contributed by atoms with Gasteiger partial charge in [0.25, 0.3) is 0 Å². The van der Waals surface area contributed by atoms with Crippen molar-refractivity contribution in [2.45, 2.75) is 72.2 Å². The second kappa shape index (κ2) is 16.6. The number of nitrogens with one attached hydrogen (secondary N) is 1. The molecule has 260 valence electrons. The number of rotatable bonds is 14. The van der Waals surface area contributed by atoms with E-state index < -0.39 is 10.1 Å². The van der Waals surface area contributed by atoms with Gasteiger partial charge in [-0.15, -0.1) is 11.3 Å². The van der Waals surface area contributed by atoms with Crippen LogP contribution < -0.4 is 5.32 Å². The second-order valence-corrected chi connectivity index (χ2v) is 14.2. The fourth-order valence-electron chi connectivity index (χ4n) is 5.26. The van der Waals surface area contributed by atoms with Crippen LogP contribution in [0.2, 0.25) is 0 Å². The van der Waals surface area contributed by atoms with Crippen LogP contribution in [0.15, 0.2) is 39.1 Å². The Labute approximate surface area is 286 Å². The molecular weight excluding hydrogens is 655 g/mol. The zero-order valence-electron chi connectivity index (χ0n) is 28.8. The molecule has 0 aliphatic rings. The number of fused-ring (bicyclic) bond motifs is 1. The van der Waals surface area contributed by atoms with Crippen LogP contribution >= 0.6 is 11.3 Å². The summed E-state index contributed by atoms with van der Waals surface area (Å²) in [5, 5.41) is 12.7. The predicted octanol–water partition coefficient (Wildman–Crippen LogP) is 6.80. The molecule has 4 heterocycles. The van der Waals surface area contributed by atoms with Gasteiger partial charge < -0.3 is 24.1 Å². The highest BCUT2D eigenvalue weighted by Gasteiger charge is 2.22. The van der Waals surface area contributed by atoms with Gasteiger partial charge in [0.05, 0.1) is 37.6 Å². The zero-order valence-corrected chi connectivity index (χ0v) is 30.5. The van der Waals surface area contributed by atoms with Gasteiger partial charge in [0.2, 0.25) is 0 Å². The Morgan fingerprint density at radius 2 is 1.77 bits per heavy atom. The molecule has 0 fully saturated rings. The number of nitrogens with zero attached hydrogens (tertiary/aromatic N) is 4. The van der Waals surface area contributed by atoms with Crippen LogP contribution in [0.3, 0.4) is 0 Å². The van der Waals surface area contributed by atoms with Gasteiger partial charge in [0.1, 0.15) is 12.5 Å². The normalized spacial score (nSPS) is 11.6. The average Bonchev–Trinajstić information content (AvgIpc) is 3.70. The largest absolute Gasteiger partial charge is 0.382 e. The Kier molecular flexibility index (Phi) is 12.9. The van der Waals surface area contributed by atoms with Gasteiger partial charge in [-0.3, -0.25) is 14.2 Å². The van der Waals surface area contributed by atoms with Crippen LogP contribution in [0.1, 0.15) is 58.3 Å². The first kappa shape index (κ1) is 37.2. The summed E-state index contributed by atoms with van der Waals surface area (Å²) in [4.78, 5) is 5.49. The molecule has 4 aromatic heterocycles. The molecule has 48 heavy (non-hydrogen) atoms. The summed E-state index contributed by atoms with van der Waals surface area (Å²) in [5.41, 5.74) is 8.16. The molecule has 5 rings (SSSR count). The van der Waals surface area contributed by atoms with E-state index in [0.717, 1.165) is 84.5 Å². The molecule has 1 aromatic carbocycles. The third-order valence-corrected chi connectivity index (χ3v) is 10.2. The summed E-state index contributed by atoms with van der Waals surface area (Å²) in [5.74, 6) is 1.56. The standard InChI is InChI=1S/C25H29N3O4S2.C9H16N2O3/c1-6-20-12-23-24(16(4)26-20)17(5)27-28(23)13-18-8-9-21(19(11-18)14-32-7-2)22-10-15(3)33-25(22)34(29,30)31;1-7-8(2)14-11-9(7)10-6-13-5-4-12-3/h8-12H,6-7,13-14H2,1-5H3,(H,29,30,31);4-6H2,1-3H3,(H,10,11). The van der Waals surface area contributed by atoms with Crippen LogP contribution in [0.4, 0.5) is 5.82 Å². The number of anilines is 1. The van der Waals surface area contributed by atoms with E-state index >= 15 is 0 Å². The maximum atomic E-state index is 12.0. The van der Waals surface area contributed by atoms with Gasteiger partial charge in [-0.25, -0.2) is 0 Å². The Bertz CT molecular complexity index is 1950. The minimum atomic E-state index is -4.33. The van der Waals surface area contributed by atoms with Crippen LogP contribution in [-0.4, -0.2) is 66.6 Å². The van der Waals surface area contributed by atoms with Crippen molar-refractivity contribution in [3.8, 4) is 11.1 Å². The van der Waals surface area contributed by atoms with Crippen LogP contribution in [-0.2, 0) is 43.9 Å². The van der Waals surface area contributed by atoms with Gasteiger partial charge in [0, 0.05) is 46.5 Å². The molecule has 12 nitrogen and oxygen atoms in total. The average molecular weight is 700 g/mol. The highest BCUT2D eigenvalue weighted by atomic mass is 32.3. The van der Waals surface area contributed by atoms with E-state index in [1.165, 1.54) is 0 Å². The molecule has 0 aliphatic heterocycles. The SMILES string of the molecule is CCOCc1cc(Cn2nc(C)c3c(C)nc(CC)cc32)ccc1-c1cc(C)sc1S(=O)(=O)O.COCCOCNc1noc(C)c1C. The van der Waals surface area contributed by atoms with Gasteiger partial charge in [0.15, 0.2) is 10.0 Å². The lowest BCUT2D eigenvalue weighted by Gasteiger charge is -2.13. The van der Waals surface area contributed by atoms with E-state index in [-0.39, 0.29) is 4.21 Å². The van der Waals surface area contributed by atoms with E-state index in [1.54, 1.807) is 13.2 Å². The van der Waals surface area contributed by atoms with Crippen molar-refractivity contribution in [1.29, 1.82) is 0 Å². The number of methoxy groups -OCH3 is 1. The quantitative estimate of drug-likeness (QED) is 0.0715. The van der Waals surface area contributed by atoms with E-state index in [0.29, 0.717) is 45.3 Å². The predicted molar refractivity (Wildman–Crippen MR) is 187 cm³/mol. The molecule has 0 bridgehead atoms. The number of benzene rings is 1. The summed E-state index contributed by atoms with van der Waals surface area (Å²) in [6.45, 7) is 16.7. The number of hydrogen-bond donors (Lipinski definition) is 2. The second-order valence-electron chi connectivity index (χ2n) is 11.3. The number of aryl methyl sites for hydroxylation is 5. The maximum absolute atomic E-state index is 12.0. The summed E-state index contributed by atoms with van der Waals surface area (Å²) < 4.78 is 56.5. The summed E-state index contributed by atoms with van der Waals surface area (Å²) >= 11 is 1.07. The number of aromatic nitrogens is 4.